The molecule has 2 atom stereocenters. The second-order valence-corrected chi connectivity index (χ2v) is 20.0. The van der Waals surface area contributed by atoms with Gasteiger partial charge in [0.1, 0.15) is 6.10 Å². The second kappa shape index (κ2) is 10.8. The summed E-state index contributed by atoms with van der Waals surface area (Å²) in [6, 6.07) is 8.62. The van der Waals surface area contributed by atoms with Crippen molar-refractivity contribution in [2.75, 3.05) is 0 Å². The molecule has 1 aromatic heterocycles. The fourth-order valence-electron chi connectivity index (χ4n) is 6.97. The minimum atomic E-state index is -2.05. The van der Waals surface area contributed by atoms with Crippen molar-refractivity contribution in [3.05, 3.63) is 69.5 Å². The van der Waals surface area contributed by atoms with Crippen molar-refractivity contribution in [1.82, 2.24) is 4.98 Å². The quantitative estimate of drug-likeness (QED) is 0.343. The number of pyridine rings is 1. The van der Waals surface area contributed by atoms with Gasteiger partial charge in [0.25, 0.3) is 0 Å². The van der Waals surface area contributed by atoms with E-state index in [1.807, 2.05) is 0 Å². The molecule has 1 saturated carbocycles. The van der Waals surface area contributed by atoms with E-state index in [0.717, 1.165) is 42.5 Å². The van der Waals surface area contributed by atoms with E-state index in [4.69, 9.17) is 9.41 Å². The van der Waals surface area contributed by atoms with E-state index >= 15 is 0 Å². The van der Waals surface area contributed by atoms with Gasteiger partial charge in [0.2, 0.25) is 0 Å². The molecule has 0 radical (unpaired) electrons. The van der Waals surface area contributed by atoms with Crippen LogP contribution in [0.1, 0.15) is 157 Å². The summed E-state index contributed by atoms with van der Waals surface area (Å²) in [5, 5.41) is 12.3. The van der Waals surface area contributed by atoms with E-state index in [9.17, 15) is 5.11 Å². The van der Waals surface area contributed by atoms with Crippen molar-refractivity contribution in [3.8, 4) is 0 Å². The maximum atomic E-state index is 12.2. The van der Waals surface area contributed by atoms with Crippen LogP contribution in [0.15, 0.2) is 30.3 Å². The van der Waals surface area contributed by atoms with E-state index in [-0.39, 0.29) is 17.1 Å². The van der Waals surface area contributed by atoms with Crippen LogP contribution in [0.4, 0.5) is 0 Å². The Balaban J connectivity index is 1.74. The summed E-state index contributed by atoms with van der Waals surface area (Å²) in [5.41, 5.74) is 9.95. The number of allylic oxidation sites excluding steroid dienone is 2. The summed E-state index contributed by atoms with van der Waals surface area (Å²) in [7, 11) is -2.05. The highest BCUT2D eigenvalue weighted by atomic mass is 28.4. The van der Waals surface area contributed by atoms with Gasteiger partial charge >= 0.3 is 0 Å². The first-order chi connectivity index (χ1) is 18.7. The fraction of sp³-hybridized carbons (Fsp3) is 0.639. The van der Waals surface area contributed by atoms with Crippen LogP contribution in [-0.4, -0.2) is 18.4 Å². The van der Waals surface area contributed by atoms with Gasteiger partial charge in [0.05, 0.1) is 6.10 Å². The molecule has 0 aliphatic heterocycles. The zero-order valence-electron chi connectivity index (χ0n) is 26.7. The molecule has 1 fully saturated rings. The minimum absolute atomic E-state index is 0.0458. The molecule has 0 amide bonds. The molecule has 1 aromatic carbocycles. The van der Waals surface area contributed by atoms with Gasteiger partial charge in [-0.2, -0.15) is 0 Å². The van der Waals surface area contributed by atoms with Crippen molar-refractivity contribution in [2.45, 2.75) is 142 Å². The van der Waals surface area contributed by atoms with Crippen LogP contribution in [0.3, 0.4) is 0 Å². The molecular weight excluding hydrogens is 506 g/mol. The van der Waals surface area contributed by atoms with Gasteiger partial charge in [0, 0.05) is 22.5 Å². The monoisotopic (exact) mass is 559 g/mol. The van der Waals surface area contributed by atoms with Crippen molar-refractivity contribution < 1.29 is 9.53 Å². The molecule has 0 saturated heterocycles. The fourth-order valence-corrected chi connectivity index (χ4v) is 8.23. The van der Waals surface area contributed by atoms with Crippen LogP contribution in [-0.2, 0) is 10.8 Å². The Morgan fingerprint density at radius 2 is 1.62 bits per heavy atom. The normalized spacial score (nSPS) is 21.5. The Bertz CT molecular complexity index is 1260. The number of hydrogen-bond acceptors (Lipinski definition) is 3. The number of hydrogen-bond donors (Lipinski definition) is 1. The molecule has 40 heavy (non-hydrogen) atoms. The molecule has 3 nitrogen and oxygen atoms in total. The highest BCUT2D eigenvalue weighted by Crippen LogP contribution is 2.58. The van der Waals surface area contributed by atoms with Crippen LogP contribution in [0.25, 0.3) is 5.57 Å². The van der Waals surface area contributed by atoms with E-state index in [1.54, 1.807) is 0 Å². The lowest BCUT2D eigenvalue weighted by molar-refractivity contribution is 0.0296. The molecule has 1 spiro atoms. The number of aliphatic hydroxyl groups excluding tert-OH is 1. The number of fused-ring (bicyclic) bond motifs is 1. The van der Waals surface area contributed by atoms with Crippen LogP contribution in [0.2, 0.25) is 18.1 Å². The molecule has 3 aliphatic carbocycles. The standard InChI is InChI=1S/C36H53NO2Si/c1-23(2)25-15-17-27(18-16-25)34(38)32-30(26-13-10-11-14-26)31-28(37-33(32)24(3)4)21-36(19-12-20-36)22-29(31)39-40(8,9)35(5,6)7/h13,15-18,23-24,29,34,38H,10-12,14,19-22H2,1-9H3/t29?,34-/m1/s1. The molecule has 2 aromatic rings. The van der Waals surface area contributed by atoms with Crippen molar-refractivity contribution in [1.29, 1.82) is 0 Å². The molecule has 1 heterocycles. The van der Waals surface area contributed by atoms with E-state index in [1.165, 1.54) is 53.6 Å². The average Bonchev–Trinajstić information content (AvgIpc) is 3.40. The van der Waals surface area contributed by atoms with Gasteiger partial charge < -0.3 is 9.53 Å². The zero-order chi connectivity index (χ0) is 29.0. The van der Waals surface area contributed by atoms with Gasteiger partial charge in [-0.25, -0.2) is 0 Å². The van der Waals surface area contributed by atoms with Crippen molar-refractivity contribution in [2.24, 2.45) is 5.41 Å². The summed E-state index contributed by atoms with van der Waals surface area (Å²) < 4.78 is 7.37. The van der Waals surface area contributed by atoms with Crippen LogP contribution < -0.4 is 0 Å². The highest BCUT2D eigenvalue weighted by Gasteiger charge is 2.49. The lowest BCUT2D eigenvalue weighted by Crippen LogP contribution is -2.46. The zero-order valence-corrected chi connectivity index (χ0v) is 27.7. The summed E-state index contributed by atoms with van der Waals surface area (Å²) >= 11 is 0. The third-order valence-corrected chi connectivity index (χ3v) is 15.1. The van der Waals surface area contributed by atoms with Gasteiger partial charge in [-0.1, -0.05) is 85.2 Å². The summed E-state index contributed by atoms with van der Waals surface area (Å²) in [4.78, 5) is 5.51. The van der Waals surface area contributed by atoms with E-state index in [2.05, 4.69) is 91.9 Å². The minimum Gasteiger partial charge on any atom is -0.410 e. The topological polar surface area (TPSA) is 42.4 Å². The SMILES string of the molecule is CC(C)c1ccc([C@@H](O)c2c(C(C)C)nc3c(c2C2=CCCC2)C(O[Si](C)(C)C(C)(C)C)CC2(CCC2)C3)cc1. The molecular formula is C36H53NO2Si. The van der Waals surface area contributed by atoms with Gasteiger partial charge in [-0.05, 0) is 103 Å². The Labute approximate surface area is 245 Å². The van der Waals surface area contributed by atoms with Gasteiger partial charge in [-0.15, -0.1) is 0 Å². The van der Waals surface area contributed by atoms with Crippen LogP contribution >= 0.6 is 0 Å². The van der Waals surface area contributed by atoms with Crippen LogP contribution in [0.5, 0.6) is 0 Å². The van der Waals surface area contributed by atoms with E-state index in [0.29, 0.717) is 11.3 Å². The maximum Gasteiger partial charge on any atom is 0.192 e. The highest BCUT2D eigenvalue weighted by molar-refractivity contribution is 6.74. The lowest BCUT2D eigenvalue weighted by Gasteiger charge is -2.51. The Morgan fingerprint density at radius 1 is 0.975 bits per heavy atom. The second-order valence-electron chi connectivity index (χ2n) is 15.2. The number of aliphatic hydroxyl groups is 1. The smallest absolute Gasteiger partial charge is 0.192 e. The third-order valence-electron chi connectivity index (χ3n) is 10.6. The summed E-state index contributed by atoms with van der Waals surface area (Å²) in [5.74, 6) is 0.693. The number of nitrogens with zero attached hydrogens (tertiary/aromatic N) is 1. The van der Waals surface area contributed by atoms with Gasteiger partial charge in [-0.3, -0.25) is 4.98 Å². The molecule has 0 bridgehead atoms. The van der Waals surface area contributed by atoms with E-state index < -0.39 is 14.4 Å². The molecule has 1 N–H and O–H groups in total. The lowest BCUT2D eigenvalue weighted by atomic mass is 9.59. The van der Waals surface area contributed by atoms with Crippen molar-refractivity contribution >= 4 is 13.9 Å². The molecule has 3 aliphatic rings. The number of benzene rings is 1. The Hall–Kier alpha value is -1.75. The predicted octanol–water partition coefficient (Wildman–Crippen LogP) is 10.2. The first-order valence-electron chi connectivity index (χ1n) is 15.9. The number of aromatic nitrogens is 1. The maximum absolute atomic E-state index is 12.2. The van der Waals surface area contributed by atoms with Gasteiger partial charge in [0.15, 0.2) is 8.32 Å². The Kier molecular flexibility index (Phi) is 8.04. The first-order valence-corrected chi connectivity index (χ1v) is 18.9. The average molecular weight is 560 g/mol. The first kappa shape index (κ1) is 29.7. The molecule has 4 heteroatoms. The Morgan fingerprint density at radius 3 is 2.12 bits per heavy atom. The largest absolute Gasteiger partial charge is 0.410 e. The molecule has 5 rings (SSSR count). The summed E-state index contributed by atoms with van der Waals surface area (Å²) in [6.07, 6.45) is 11.2. The summed E-state index contributed by atoms with van der Waals surface area (Å²) in [6.45, 7) is 20.7. The van der Waals surface area contributed by atoms with Crippen LogP contribution in [0, 0.1) is 5.41 Å². The molecule has 218 valence electrons. The molecule has 1 unspecified atom stereocenters. The third kappa shape index (κ3) is 5.41. The van der Waals surface area contributed by atoms with Crippen molar-refractivity contribution in [3.63, 3.8) is 0 Å². The number of rotatable bonds is 7. The predicted molar refractivity (Wildman–Crippen MR) is 170 cm³/mol.